The van der Waals surface area contributed by atoms with Gasteiger partial charge in [-0.25, -0.2) is 0 Å². The van der Waals surface area contributed by atoms with Gasteiger partial charge in [-0.05, 0) is 38.1 Å². The summed E-state index contributed by atoms with van der Waals surface area (Å²) in [7, 11) is 0. The summed E-state index contributed by atoms with van der Waals surface area (Å²) in [6.07, 6.45) is 1.71. The Morgan fingerprint density at radius 1 is 1.21 bits per heavy atom. The number of carbonyl (C=O) groups is 2. The van der Waals surface area contributed by atoms with Crippen LogP contribution in [0.25, 0.3) is 0 Å². The normalized spacial score (nSPS) is 9.92. The number of rotatable bonds is 6. The minimum absolute atomic E-state index is 0. The molecule has 2 aromatic rings. The molecule has 1 aromatic heterocycles. The van der Waals surface area contributed by atoms with Crippen molar-refractivity contribution < 1.29 is 9.59 Å². The summed E-state index contributed by atoms with van der Waals surface area (Å²) >= 11 is 1.27. The second-order valence-electron chi connectivity index (χ2n) is 4.94. The highest BCUT2D eigenvalue weighted by atomic mass is 35.5. The molecule has 0 radical (unpaired) electrons. The molecule has 0 fully saturated rings. The number of halogens is 1. The molecule has 1 aromatic carbocycles. The summed E-state index contributed by atoms with van der Waals surface area (Å²) in [4.78, 5) is 26.3. The summed E-state index contributed by atoms with van der Waals surface area (Å²) in [5, 5.41) is 12.2. The lowest BCUT2D eigenvalue weighted by Gasteiger charge is -2.18. The fourth-order valence-electron chi connectivity index (χ4n) is 2.17. The molecule has 1 heterocycles. The van der Waals surface area contributed by atoms with Gasteiger partial charge in [0, 0.05) is 35.9 Å². The quantitative estimate of drug-likeness (QED) is 0.821. The first-order valence-corrected chi connectivity index (χ1v) is 8.30. The second kappa shape index (κ2) is 9.24. The number of benzene rings is 1. The van der Waals surface area contributed by atoms with Crippen LogP contribution < -0.4 is 10.1 Å². The third-order valence-electron chi connectivity index (χ3n) is 3.46. The largest absolute Gasteiger partial charge is 0.339 e. The summed E-state index contributed by atoms with van der Waals surface area (Å²) in [6.45, 7) is 5.32. The first-order valence-electron chi connectivity index (χ1n) is 7.42. The number of nitrogens with one attached hydrogen (secondary N) is 2. The minimum atomic E-state index is -0.204. The van der Waals surface area contributed by atoms with Gasteiger partial charge in [-0.15, -0.1) is 23.7 Å². The van der Waals surface area contributed by atoms with Crippen molar-refractivity contribution >= 4 is 41.2 Å². The molecule has 2 rings (SSSR count). The molecule has 0 saturated heterocycles. The average Bonchev–Trinajstić information content (AvgIpc) is 2.94. The van der Waals surface area contributed by atoms with Crippen molar-refractivity contribution in [3.63, 3.8) is 0 Å². The van der Waals surface area contributed by atoms with E-state index in [1.165, 1.54) is 11.3 Å². The van der Waals surface area contributed by atoms with E-state index in [0.29, 0.717) is 29.1 Å². The van der Waals surface area contributed by atoms with E-state index in [4.69, 9.17) is 5.41 Å². The third kappa shape index (κ3) is 4.94. The fourth-order valence-corrected chi connectivity index (χ4v) is 2.77. The van der Waals surface area contributed by atoms with Gasteiger partial charge in [0.1, 0.15) is 6.54 Å². The third-order valence-corrected chi connectivity index (χ3v) is 4.18. The number of thiazole rings is 1. The molecule has 6 nitrogen and oxygen atoms in total. The van der Waals surface area contributed by atoms with Crippen LogP contribution in [0.3, 0.4) is 0 Å². The van der Waals surface area contributed by atoms with Crippen molar-refractivity contribution in [1.29, 1.82) is 5.41 Å². The number of nitrogens with zero attached hydrogens (tertiary/aromatic N) is 2. The smallest absolute Gasteiger partial charge is 0.253 e. The van der Waals surface area contributed by atoms with Gasteiger partial charge in [-0.3, -0.25) is 15.0 Å². The highest BCUT2D eigenvalue weighted by molar-refractivity contribution is 7.06. The van der Waals surface area contributed by atoms with Crippen LogP contribution in [0, 0.1) is 5.41 Å². The monoisotopic (exact) mass is 368 g/mol. The predicted molar refractivity (Wildman–Crippen MR) is 97.7 cm³/mol. The molecule has 0 unspecified atom stereocenters. The highest BCUT2D eigenvalue weighted by Crippen LogP contribution is 2.12. The van der Waals surface area contributed by atoms with Gasteiger partial charge in [0.05, 0.1) is 0 Å². The van der Waals surface area contributed by atoms with Gasteiger partial charge < -0.3 is 14.8 Å². The van der Waals surface area contributed by atoms with Crippen LogP contribution in [0.15, 0.2) is 35.8 Å². The zero-order chi connectivity index (χ0) is 16.8. The number of amides is 2. The zero-order valence-electron chi connectivity index (χ0n) is 13.6. The van der Waals surface area contributed by atoms with E-state index in [-0.39, 0.29) is 30.8 Å². The van der Waals surface area contributed by atoms with E-state index in [9.17, 15) is 9.59 Å². The molecule has 0 bridgehead atoms. The maximum absolute atomic E-state index is 12.2. The molecule has 2 N–H and O–H groups in total. The Labute approximate surface area is 151 Å². The molecular weight excluding hydrogens is 348 g/mol. The maximum atomic E-state index is 12.2. The second-order valence-corrected chi connectivity index (χ2v) is 5.83. The van der Waals surface area contributed by atoms with Crippen molar-refractivity contribution in [3.8, 4) is 0 Å². The first-order chi connectivity index (χ1) is 11.0. The van der Waals surface area contributed by atoms with Gasteiger partial charge >= 0.3 is 0 Å². The van der Waals surface area contributed by atoms with Gasteiger partial charge in [-0.1, -0.05) is 0 Å². The van der Waals surface area contributed by atoms with E-state index < -0.39 is 0 Å². The highest BCUT2D eigenvalue weighted by Gasteiger charge is 2.12. The Kier molecular flexibility index (Phi) is 7.67. The minimum Gasteiger partial charge on any atom is -0.339 e. The Hall–Kier alpha value is -2.12. The lowest BCUT2D eigenvalue weighted by atomic mass is 10.1. The van der Waals surface area contributed by atoms with Crippen molar-refractivity contribution in [2.75, 3.05) is 18.4 Å². The van der Waals surface area contributed by atoms with Crippen molar-refractivity contribution in [3.05, 3.63) is 46.2 Å². The Balaban J connectivity index is 0.00000288. The van der Waals surface area contributed by atoms with E-state index in [1.54, 1.807) is 45.3 Å². The van der Waals surface area contributed by atoms with E-state index in [2.05, 4.69) is 5.32 Å². The average molecular weight is 369 g/mol. The van der Waals surface area contributed by atoms with Crippen LogP contribution in [0.5, 0.6) is 0 Å². The summed E-state index contributed by atoms with van der Waals surface area (Å²) in [6, 6.07) is 6.86. The van der Waals surface area contributed by atoms with E-state index in [0.717, 1.165) is 0 Å². The first kappa shape index (κ1) is 19.9. The molecule has 0 aliphatic heterocycles. The zero-order valence-corrected chi connectivity index (χ0v) is 15.2. The predicted octanol–water partition coefficient (Wildman–Crippen LogP) is 2.57. The van der Waals surface area contributed by atoms with Crippen LogP contribution in [-0.2, 0) is 11.3 Å². The molecule has 0 atom stereocenters. The lowest BCUT2D eigenvalue weighted by Crippen LogP contribution is -2.30. The van der Waals surface area contributed by atoms with Gasteiger partial charge in [-0.2, -0.15) is 0 Å². The molecule has 0 aliphatic carbocycles. The number of carbonyl (C=O) groups excluding carboxylic acids is 2. The molecule has 24 heavy (non-hydrogen) atoms. The number of anilines is 1. The fraction of sp³-hybridized carbons (Fsp3) is 0.312. The topological polar surface area (TPSA) is 78.2 Å². The molecule has 8 heteroatoms. The molecule has 0 saturated carbocycles. The van der Waals surface area contributed by atoms with Crippen molar-refractivity contribution in [2.45, 2.75) is 20.4 Å². The Morgan fingerprint density at radius 2 is 1.83 bits per heavy atom. The Morgan fingerprint density at radius 3 is 2.33 bits per heavy atom. The van der Waals surface area contributed by atoms with Crippen molar-refractivity contribution in [1.82, 2.24) is 9.47 Å². The molecule has 130 valence electrons. The molecular formula is C16H21ClN4O2S. The molecule has 0 aliphatic rings. The summed E-state index contributed by atoms with van der Waals surface area (Å²) in [5.41, 5.74) is 1.24. The molecule has 0 spiro atoms. The number of aromatic nitrogens is 1. The standard InChI is InChI=1S/C16H20N4O2S.ClH/c1-3-19(4-2)15(22)12-5-7-13(8-6-12)18-14(21)11-20-9-10-23-16(20)17;/h5-10,17H,3-4,11H2,1-2H3,(H,18,21);1H. The van der Waals surface area contributed by atoms with E-state index >= 15 is 0 Å². The Bertz CT molecular complexity index is 735. The summed E-state index contributed by atoms with van der Waals surface area (Å²) in [5.74, 6) is -0.217. The van der Waals surface area contributed by atoms with Crippen LogP contribution in [0.2, 0.25) is 0 Å². The van der Waals surface area contributed by atoms with Crippen LogP contribution in [-0.4, -0.2) is 34.4 Å². The summed E-state index contributed by atoms with van der Waals surface area (Å²) < 4.78 is 1.57. The van der Waals surface area contributed by atoms with Crippen LogP contribution >= 0.6 is 23.7 Å². The van der Waals surface area contributed by atoms with Crippen molar-refractivity contribution in [2.24, 2.45) is 0 Å². The van der Waals surface area contributed by atoms with Gasteiger partial charge in [0.2, 0.25) is 5.91 Å². The van der Waals surface area contributed by atoms with Crippen LogP contribution in [0.1, 0.15) is 24.2 Å². The maximum Gasteiger partial charge on any atom is 0.253 e. The SMILES string of the molecule is CCN(CC)C(=O)c1ccc(NC(=O)Cn2ccsc2=N)cc1.Cl. The lowest BCUT2D eigenvalue weighted by molar-refractivity contribution is -0.116. The molecule has 2 amide bonds. The number of hydrogen-bond acceptors (Lipinski definition) is 4. The van der Waals surface area contributed by atoms with E-state index in [1.807, 2.05) is 13.8 Å². The van der Waals surface area contributed by atoms with Crippen LogP contribution in [0.4, 0.5) is 5.69 Å². The number of hydrogen-bond donors (Lipinski definition) is 2. The van der Waals surface area contributed by atoms with Gasteiger partial charge in [0.25, 0.3) is 5.91 Å². The van der Waals surface area contributed by atoms with Gasteiger partial charge in [0.15, 0.2) is 4.80 Å².